The number of rotatable bonds is 6. The van der Waals surface area contributed by atoms with Crippen molar-refractivity contribution in [2.75, 3.05) is 6.54 Å². The van der Waals surface area contributed by atoms with Crippen LogP contribution < -0.4 is 5.32 Å². The van der Waals surface area contributed by atoms with Gasteiger partial charge in [0.1, 0.15) is 5.54 Å². The van der Waals surface area contributed by atoms with Gasteiger partial charge in [-0.15, -0.1) is 0 Å². The highest BCUT2D eigenvalue weighted by molar-refractivity contribution is 6.14. The van der Waals surface area contributed by atoms with Crippen molar-refractivity contribution in [2.24, 2.45) is 5.92 Å². The molecule has 0 aliphatic carbocycles. The number of aromatic amines is 1. The minimum absolute atomic E-state index is 0.246. The summed E-state index contributed by atoms with van der Waals surface area (Å²) in [5.74, 6) is -0.149. The monoisotopic (exact) mass is 341 g/mol. The van der Waals surface area contributed by atoms with E-state index in [2.05, 4.69) is 24.1 Å². The van der Waals surface area contributed by atoms with E-state index < -0.39 is 11.6 Å². The van der Waals surface area contributed by atoms with Crippen LogP contribution >= 0.6 is 0 Å². The third-order valence-electron chi connectivity index (χ3n) is 4.76. The Morgan fingerprint density at radius 2 is 1.96 bits per heavy atom. The molecule has 25 heavy (non-hydrogen) atoms. The van der Waals surface area contributed by atoms with Crippen molar-refractivity contribution in [1.82, 2.24) is 15.2 Å². The highest BCUT2D eigenvalue weighted by Gasteiger charge is 2.47. The van der Waals surface area contributed by atoms with E-state index in [1.807, 2.05) is 24.3 Å². The molecule has 1 saturated heterocycles. The van der Waals surface area contributed by atoms with Gasteiger partial charge in [-0.1, -0.05) is 32.0 Å². The largest absolute Gasteiger partial charge is 0.360 e. The molecule has 2 heterocycles. The van der Waals surface area contributed by atoms with Crippen molar-refractivity contribution in [3.8, 4) is 0 Å². The fourth-order valence-corrected chi connectivity index (χ4v) is 3.17. The lowest BCUT2D eigenvalue weighted by molar-refractivity contribution is -0.130. The molecule has 0 saturated carbocycles. The molecule has 0 bridgehead atoms. The highest BCUT2D eigenvalue weighted by Crippen LogP contribution is 2.25. The maximum absolute atomic E-state index is 12.7. The lowest BCUT2D eigenvalue weighted by atomic mass is 9.92. The summed E-state index contributed by atoms with van der Waals surface area (Å²) in [5, 5.41) is 3.54. The van der Waals surface area contributed by atoms with Gasteiger partial charge < -0.3 is 10.3 Å². The van der Waals surface area contributed by atoms with E-state index in [0.29, 0.717) is 17.9 Å². The molecule has 1 aromatic heterocycles. The van der Waals surface area contributed by atoms with E-state index >= 15 is 0 Å². The second kappa shape index (κ2) is 6.35. The van der Waals surface area contributed by atoms with Gasteiger partial charge in [0.25, 0.3) is 5.91 Å². The number of carbonyl (C=O) groups is 3. The van der Waals surface area contributed by atoms with Gasteiger partial charge in [0.2, 0.25) is 0 Å². The predicted octanol–water partition coefficient (Wildman–Crippen LogP) is 3.10. The van der Waals surface area contributed by atoms with Crippen LogP contribution in [0.2, 0.25) is 0 Å². The van der Waals surface area contributed by atoms with Crippen LogP contribution in [0.1, 0.15) is 44.0 Å². The molecular weight excluding hydrogens is 318 g/mol. The fraction of sp³-hybridized carbons (Fsp3) is 0.421. The first-order valence-electron chi connectivity index (χ1n) is 8.55. The Balaban J connectivity index is 1.77. The molecule has 1 fully saturated rings. The van der Waals surface area contributed by atoms with Crippen LogP contribution in [0.3, 0.4) is 0 Å². The number of Topliss-reactive ketones (excluding diaryl/α,β-unsaturated/α-hetero) is 1. The molecule has 3 rings (SSSR count). The zero-order valence-corrected chi connectivity index (χ0v) is 14.8. The summed E-state index contributed by atoms with van der Waals surface area (Å²) < 4.78 is 0. The Hall–Kier alpha value is -2.63. The van der Waals surface area contributed by atoms with Crippen molar-refractivity contribution in [1.29, 1.82) is 0 Å². The molecule has 1 aliphatic rings. The Bertz CT molecular complexity index is 839. The second-order valence-electron chi connectivity index (χ2n) is 7.26. The Kier molecular flexibility index (Phi) is 4.37. The van der Waals surface area contributed by atoms with Crippen LogP contribution in [-0.4, -0.2) is 39.7 Å². The van der Waals surface area contributed by atoms with Crippen LogP contribution in [-0.2, 0) is 4.79 Å². The van der Waals surface area contributed by atoms with Gasteiger partial charge in [0.15, 0.2) is 5.78 Å². The maximum Gasteiger partial charge on any atom is 0.325 e. The minimum Gasteiger partial charge on any atom is -0.360 e. The molecule has 2 aromatic rings. The number of nitrogens with zero attached hydrogens (tertiary/aromatic N) is 1. The number of ketones is 1. The molecule has 6 heteroatoms. The van der Waals surface area contributed by atoms with Gasteiger partial charge in [-0.2, -0.15) is 0 Å². The van der Waals surface area contributed by atoms with E-state index in [1.54, 1.807) is 13.1 Å². The van der Waals surface area contributed by atoms with Gasteiger partial charge >= 0.3 is 6.03 Å². The van der Waals surface area contributed by atoms with Crippen LogP contribution in [0, 0.1) is 5.92 Å². The number of carbonyl (C=O) groups excluding carboxylic acids is 3. The van der Waals surface area contributed by atoms with Gasteiger partial charge in [-0.25, -0.2) is 4.79 Å². The molecule has 0 unspecified atom stereocenters. The topological polar surface area (TPSA) is 82.3 Å². The summed E-state index contributed by atoms with van der Waals surface area (Å²) in [6, 6.07) is 6.96. The molecule has 1 aliphatic heterocycles. The number of amides is 3. The number of hydrogen-bond acceptors (Lipinski definition) is 3. The summed E-state index contributed by atoms with van der Waals surface area (Å²) in [5.41, 5.74) is 0.416. The summed E-state index contributed by atoms with van der Waals surface area (Å²) in [7, 11) is 0. The summed E-state index contributed by atoms with van der Waals surface area (Å²) >= 11 is 0. The number of benzene rings is 1. The fourth-order valence-electron chi connectivity index (χ4n) is 3.17. The Labute approximate surface area is 146 Å². The van der Waals surface area contributed by atoms with Crippen LogP contribution in [0.25, 0.3) is 10.9 Å². The molecule has 2 N–H and O–H groups in total. The van der Waals surface area contributed by atoms with E-state index in [9.17, 15) is 14.4 Å². The Morgan fingerprint density at radius 1 is 1.24 bits per heavy atom. The quantitative estimate of drug-likeness (QED) is 0.626. The standard InChI is InChI=1S/C19H23N3O3/c1-12(2)8-9-19(3)17(24)22(18(25)21-19)11-16(23)14-10-20-15-7-5-4-6-13(14)15/h4-7,10,12,20H,8-9,11H2,1-3H3,(H,21,25)/t19-/m1/s1. The van der Waals surface area contributed by atoms with E-state index in [4.69, 9.17) is 0 Å². The first-order chi connectivity index (χ1) is 11.8. The molecule has 0 spiro atoms. The van der Waals surface area contributed by atoms with Gasteiger partial charge in [-0.3, -0.25) is 14.5 Å². The first kappa shape index (κ1) is 17.2. The number of imide groups is 1. The molecule has 132 valence electrons. The van der Waals surface area contributed by atoms with Gasteiger partial charge in [0.05, 0.1) is 6.54 Å². The Morgan fingerprint density at radius 3 is 2.68 bits per heavy atom. The number of hydrogen-bond donors (Lipinski definition) is 2. The molecule has 1 atom stereocenters. The number of H-pyrrole nitrogens is 1. The molecule has 0 radical (unpaired) electrons. The molecule has 6 nitrogen and oxygen atoms in total. The van der Waals surface area contributed by atoms with Crippen LogP contribution in [0.4, 0.5) is 4.79 Å². The average molecular weight is 341 g/mol. The van der Waals surface area contributed by atoms with Crippen molar-refractivity contribution in [3.63, 3.8) is 0 Å². The lowest BCUT2D eigenvalue weighted by Crippen LogP contribution is -2.44. The van der Waals surface area contributed by atoms with Gasteiger partial charge in [0, 0.05) is 22.7 Å². The minimum atomic E-state index is -0.929. The van der Waals surface area contributed by atoms with Crippen molar-refractivity contribution in [2.45, 2.75) is 39.2 Å². The number of aromatic nitrogens is 1. The van der Waals surface area contributed by atoms with E-state index in [1.165, 1.54) is 0 Å². The second-order valence-corrected chi connectivity index (χ2v) is 7.26. The highest BCUT2D eigenvalue weighted by atomic mass is 16.2. The normalized spacial score (nSPS) is 20.6. The predicted molar refractivity (Wildman–Crippen MR) is 95.4 cm³/mol. The SMILES string of the molecule is CC(C)CC[C@@]1(C)NC(=O)N(CC(=O)c2c[nH]c3ccccc23)C1=O. The molecule has 1 aromatic carbocycles. The maximum atomic E-state index is 12.7. The number of urea groups is 1. The zero-order valence-electron chi connectivity index (χ0n) is 14.8. The van der Waals surface area contributed by atoms with Gasteiger partial charge in [-0.05, 0) is 31.7 Å². The summed E-state index contributed by atoms with van der Waals surface area (Å²) in [4.78, 5) is 41.7. The third kappa shape index (κ3) is 3.16. The summed E-state index contributed by atoms with van der Waals surface area (Å²) in [6.07, 6.45) is 3.02. The summed E-state index contributed by atoms with van der Waals surface area (Å²) in [6.45, 7) is 5.63. The van der Waals surface area contributed by atoms with Crippen LogP contribution in [0.15, 0.2) is 30.5 Å². The lowest BCUT2D eigenvalue weighted by Gasteiger charge is -2.22. The smallest absolute Gasteiger partial charge is 0.325 e. The zero-order chi connectivity index (χ0) is 18.2. The van der Waals surface area contributed by atoms with E-state index in [-0.39, 0.29) is 18.2 Å². The first-order valence-corrected chi connectivity index (χ1v) is 8.55. The number of para-hydroxylation sites is 1. The van der Waals surface area contributed by atoms with Crippen molar-refractivity contribution in [3.05, 3.63) is 36.0 Å². The number of nitrogens with one attached hydrogen (secondary N) is 2. The van der Waals surface area contributed by atoms with E-state index in [0.717, 1.165) is 22.2 Å². The molecule has 3 amide bonds. The number of fused-ring (bicyclic) bond motifs is 1. The van der Waals surface area contributed by atoms with Crippen LogP contribution in [0.5, 0.6) is 0 Å². The van der Waals surface area contributed by atoms with Crippen molar-refractivity contribution >= 4 is 28.6 Å². The third-order valence-corrected chi connectivity index (χ3v) is 4.76. The average Bonchev–Trinajstić information content (AvgIpc) is 3.08. The molecular formula is C19H23N3O3. The van der Waals surface area contributed by atoms with Crippen molar-refractivity contribution < 1.29 is 14.4 Å².